The summed E-state index contributed by atoms with van der Waals surface area (Å²) in [5, 5.41) is 7.18. The largest absolute Gasteiger partial charge is 0.455 e. The van der Waals surface area contributed by atoms with Crippen LogP contribution in [0.15, 0.2) is 235 Å². The van der Waals surface area contributed by atoms with Gasteiger partial charge in [0.1, 0.15) is 11.2 Å². The second kappa shape index (κ2) is 14.3. The van der Waals surface area contributed by atoms with E-state index in [9.17, 15) is 0 Å². The molecule has 0 atom stereocenters. The van der Waals surface area contributed by atoms with Crippen LogP contribution in [0.5, 0.6) is 0 Å². The van der Waals surface area contributed by atoms with Gasteiger partial charge >= 0.3 is 0 Å². The van der Waals surface area contributed by atoms with Gasteiger partial charge in [-0.15, -0.1) is 0 Å². The first-order valence-corrected chi connectivity index (χ1v) is 20.8. The van der Waals surface area contributed by atoms with E-state index in [0.717, 1.165) is 55.7 Å². The highest BCUT2D eigenvalue weighted by Gasteiger charge is 2.19. The topological polar surface area (TPSA) is 21.3 Å². The molecule has 2 heterocycles. The van der Waals surface area contributed by atoms with Gasteiger partial charge in [-0.25, -0.2) is 0 Å². The zero-order chi connectivity index (χ0) is 40.3. The summed E-state index contributed by atoms with van der Waals surface area (Å²) < 4.78 is 8.84. The summed E-state index contributed by atoms with van der Waals surface area (Å²) in [4.78, 5) is 2.37. The van der Waals surface area contributed by atoms with E-state index in [4.69, 9.17) is 4.42 Å². The number of benzene rings is 10. The molecule has 0 fully saturated rings. The van der Waals surface area contributed by atoms with Crippen molar-refractivity contribution in [1.29, 1.82) is 0 Å². The molecule has 12 rings (SSSR count). The van der Waals surface area contributed by atoms with Gasteiger partial charge in [-0.1, -0.05) is 170 Å². The Kier molecular flexibility index (Phi) is 8.17. The highest BCUT2D eigenvalue weighted by molar-refractivity contribution is 6.11. The van der Waals surface area contributed by atoms with Crippen molar-refractivity contribution in [2.24, 2.45) is 0 Å². The SMILES string of the molecule is c1cc(-c2ccc(N(c3ccc(-c4cccc5c4oc4ccccc45)cc3)c3cccc4ccccc34)cc2)cc(-c2ccccc2-n2c3ccccc3c3ccccc32)c1. The normalized spacial score (nSPS) is 11.6. The molecule has 2 aromatic heterocycles. The Morgan fingerprint density at radius 3 is 1.66 bits per heavy atom. The lowest BCUT2D eigenvalue weighted by molar-refractivity contribution is 0.670. The van der Waals surface area contributed by atoms with Gasteiger partial charge in [-0.05, 0) is 88.3 Å². The van der Waals surface area contributed by atoms with Crippen molar-refractivity contribution >= 4 is 71.6 Å². The smallest absolute Gasteiger partial charge is 0.143 e. The molecule has 0 saturated heterocycles. The number of rotatable bonds is 7. The minimum atomic E-state index is 0.906. The maximum Gasteiger partial charge on any atom is 0.143 e. The Morgan fingerprint density at radius 2 is 0.885 bits per heavy atom. The maximum absolute atomic E-state index is 6.42. The molecule has 0 spiro atoms. The second-order valence-corrected chi connectivity index (χ2v) is 15.7. The summed E-state index contributed by atoms with van der Waals surface area (Å²) in [6.07, 6.45) is 0. The average Bonchev–Trinajstić information content (AvgIpc) is 3.88. The number of aromatic nitrogens is 1. The summed E-state index contributed by atoms with van der Waals surface area (Å²) in [6.45, 7) is 0. The van der Waals surface area contributed by atoms with E-state index in [1.807, 2.05) is 12.1 Å². The minimum Gasteiger partial charge on any atom is -0.455 e. The molecule has 0 aliphatic rings. The Morgan fingerprint density at radius 1 is 0.344 bits per heavy atom. The summed E-state index contributed by atoms with van der Waals surface area (Å²) >= 11 is 0. The molecule has 0 bridgehead atoms. The Bertz CT molecular complexity index is 3530. The van der Waals surface area contributed by atoms with E-state index in [2.05, 4.69) is 228 Å². The molecule has 0 radical (unpaired) electrons. The lowest BCUT2D eigenvalue weighted by Crippen LogP contribution is -2.10. The van der Waals surface area contributed by atoms with Gasteiger partial charge < -0.3 is 13.9 Å². The lowest BCUT2D eigenvalue weighted by Gasteiger charge is -2.27. The zero-order valence-electron chi connectivity index (χ0n) is 33.2. The molecule has 10 aromatic carbocycles. The summed E-state index contributed by atoms with van der Waals surface area (Å²) in [5.41, 5.74) is 15.6. The quantitative estimate of drug-likeness (QED) is 0.161. The third-order valence-electron chi connectivity index (χ3n) is 12.2. The first-order valence-electron chi connectivity index (χ1n) is 20.8. The van der Waals surface area contributed by atoms with Crippen molar-refractivity contribution in [3.05, 3.63) is 231 Å². The molecular weight excluding hydrogens is 741 g/mol. The fourth-order valence-corrected chi connectivity index (χ4v) is 9.36. The van der Waals surface area contributed by atoms with Gasteiger partial charge in [0.15, 0.2) is 0 Å². The molecule has 0 aliphatic carbocycles. The van der Waals surface area contributed by atoms with E-state index in [1.165, 1.54) is 55.0 Å². The Hall–Kier alpha value is -8.14. The van der Waals surface area contributed by atoms with Gasteiger partial charge in [0, 0.05) is 49.4 Å². The zero-order valence-corrected chi connectivity index (χ0v) is 33.2. The summed E-state index contributed by atoms with van der Waals surface area (Å²) in [7, 11) is 0. The van der Waals surface area contributed by atoms with Crippen molar-refractivity contribution < 1.29 is 4.42 Å². The van der Waals surface area contributed by atoms with Gasteiger partial charge in [0.2, 0.25) is 0 Å². The van der Waals surface area contributed by atoms with Crippen molar-refractivity contribution in [2.75, 3.05) is 4.90 Å². The molecule has 3 nitrogen and oxygen atoms in total. The molecule has 0 N–H and O–H groups in total. The highest BCUT2D eigenvalue weighted by Crippen LogP contribution is 2.42. The van der Waals surface area contributed by atoms with Crippen LogP contribution in [0.2, 0.25) is 0 Å². The Balaban J connectivity index is 0.931. The van der Waals surface area contributed by atoms with Crippen LogP contribution >= 0.6 is 0 Å². The van der Waals surface area contributed by atoms with E-state index in [1.54, 1.807) is 0 Å². The van der Waals surface area contributed by atoms with Crippen LogP contribution in [-0.2, 0) is 0 Å². The van der Waals surface area contributed by atoms with E-state index < -0.39 is 0 Å². The lowest BCUT2D eigenvalue weighted by atomic mass is 9.97. The molecule has 0 aliphatic heterocycles. The molecule has 0 unspecified atom stereocenters. The predicted octanol–water partition coefficient (Wildman–Crippen LogP) is 16.3. The minimum absolute atomic E-state index is 0.906. The van der Waals surface area contributed by atoms with Crippen LogP contribution in [0.1, 0.15) is 0 Å². The van der Waals surface area contributed by atoms with Crippen molar-refractivity contribution in [3.8, 4) is 39.1 Å². The number of anilines is 3. The Labute approximate surface area is 353 Å². The molecule has 0 amide bonds. The van der Waals surface area contributed by atoms with Crippen LogP contribution < -0.4 is 4.90 Å². The molecule has 0 saturated carbocycles. The molecular formula is C58H38N2O. The van der Waals surface area contributed by atoms with Crippen molar-refractivity contribution in [1.82, 2.24) is 4.57 Å². The predicted molar refractivity (Wildman–Crippen MR) is 257 cm³/mol. The third-order valence-corrected chi connectivity index (χ3v) is 12.2. The molecule has 3 heteroatoms. The number of furan rings is 1. The van der Waals surface area contributed by atoms with Crippen LogP contribution in [0.3, 0.4) is 0 Å². The van der Waals surface area contributed by atoms with Crippen LogP contribution in [-0.4, -0.2) is 4.57 Å². The second-order valence-electron chi connectivity index (χ2n) is 15.7. The third kappa shape index (κ3) is 5.82. The van der Waals surface area contributed by atoms with E-state index >= 15 is 0 Å². The first kappa shape index (κ1) is 34.9. The first-order chi connectivity index (χ1) is 30.3. The summed E-state index contributed by atoms with van der Waals surface area (Å²) in [5.74, 6) is 0. The molecule has 12 aromatic rings. The molecule has 61 heavy (non-hydrogen) atoms. The number of fused-ring (bicyclic) bond motifs is 7. The van der Waals surface area contributed by atoms with Gasteiger partial charge in [-0.2, -0.15) is 0 Å². The van der Waals surface area contributed by atoms with Crippen LogP contribution in [0.4, 0.5) is 17.1 Å². The number of nitrogens with zero attached hydrogens (tertiary/aromatic N) is 2. The highest BCUT2D eigenvalue weighted by atomic mass is 16.3. The van der Waals surface area contributed by atoms with Crippen molar-refractivity contribution in [3.63, 3.8) is 0 Å². The average molecular weight is 779 g/mol. The molecule has 286 valence electrons. The standard InChI is InChI=1S/C58H38N2O/c1-2-18-46-40(14-1)15-12-28-53(46)59(45-36-32-41(33-37-45)48-23-13-24-52-51-22-6-10-29-57(51)61-58(48)52)44-34-30-39(31-35-44)42-16-11-17-43(38-42)47-19-3-7-25-54(47)60-55-26-8-4-20-49(55)50-21-5-9-27-56(50)60/h1-38H. The number of hydrogen-bond acceptors (Lipinski definition) is 2. The maximum atomic E-state index is 6.42. The van der Waals surface area contributed by atoms with Gasteiger partial charge in [-0.3, -0.25) is 0 Å². The van der Waals surface area contributed by atoms with Crippen LogP contribution in [0, 0.1) is 0 Å². The van der Waals surface area contributed by atoms with Gasteiger partial charge in [0.05, 0.1) is 22.4 Å². The number of hydrogen-bond donors (Lipinski definition) is 0. The van der Waals surface area contributed by atoms with E-state index in [-0.39, 0.29) is 0 Å². The fourth-order valence-electron chi connectivity index (χ4n) is 9.36. The van der Waals surface area contributed by atoms with Crippen LogP contribution in [0.25, 0.3) is 93.6 Å². The van der Waals surface area contributed by atoms with Crippen molar-refractivity contribution in [2.45, 2.75) is 0 Å². The fraction of sp³-hybridized carbons (Fsp3) is 0. The summed E-state index contributed by atoms with van der Waals surface area (Å²) in [6, 6.07) is 82.9. The monoisotopic (exact) mass is 778 g/mol. The van der Waals surface area contributed by atoms with E-state index in [0.29, 0.717) is 0 Å². The number of para-hydroxylation sites is 5. The van der Waals surface area contributed by atoms with Gasteiger partial charge in [0.25, 0.3) is 0 Å².